The van der Waals surface area contributed by atoms with Crippen molar-refractivity contribution in [2.24, 2.45) is 0 Å². The first-order valence-corrected chi connectivity index (χ1v) is 7.15. The van der Waals surface area contributed by atoms with Crippen molar-refractivity contribution in [3.63, 3.8) is 0 Å². The van der Waals surface area contributed by atoms with Gasteiger partial charge >= 0.3 is 0 Å². The predicted molar refractivity (Wildman–Crippen MR) is 76.0 cm³/mol. The van der Waals surface area contributed by atoms with Crippen molar-refractivity contribution in [2.45, 2.75) is 25.0 Å². The van der Waals surface area contributed by atoms with Gasteiger partial charge in [0, 0.05) is 5.25 Å². The van der Waals surface area contributed by atoms with Crippen LogP contribution in [-0.2, 0) is 6.42 Å². The Kier molecular flexibility index (Phi) is 6.71. The minimum Gasteiger partial charge on any atom is -0.207 e. The molecule has 0 aromatic heterocycles. The Balaban J connectivity index is 0.000000171. The summed E-state index contributed by atoms with van der Waals surface area (Å²) in [5.41, 5.74) is 1.18. The van der Waals surface area contributed by atoms with Crippen molar-refractivity contribution < 1.29 is 4.39 Å². The van der Waals surface area contributed by atoms with Crippen molar-refractivity contribution in [1.29, 1.82) is 0 Å². The standard InChI is InChI=1S/C8H9F.C7H10S/c1-2-7-3-5-8(9)6-4-7;1-8-7-5-3-2-4-6-7/h3-6H,2H2,1H3;2-5,7H,6H2,1H3. The summed E-state index contributed by atoms with van der Waals surface area (Å²) < 4.78 is 12.2. The van der Waals surface area contributed by atoms with Gasteiger partial charge in [-0.25, -0.2) is 4.39 Å². The molecule has 0 heterocycles. The van der Waals surface area contributed by atoms with Crippen LogP contribution < -0.4 is 0 Å². The molecule has 0 radical (unpaired) electrons. The molecule has 0 aliphatic heterocycles. The number of thioether (sulfide) groups is 1. The summed E-state index contributed by atoms with van der Waals surface area (Å²) in [6.45, 7) is 2.05. The Bertz CT molecular complexity index is 365. The molecule has 1 aliphatic carbocycles. The van der Waals surface area contributed by atoms with Crippen molar-refractivity contribution in [1.82, 2.24) is 0 Å². The van der Waals surface area contributed by atoms with Crippen molar-refractivity contribution in [3.05, 3.63) is 60.0 Å². The van der Waals surface area contributed by atoms with Gasteiger partial charge in [0.1, 0.15) is 5.82 Å². The second-order valence-corrected chi connectivity index (χ2v) is 4.88. The second-order valence-electron chi connectivity index (χ2n) is 3.80. The molecule has 0 bridgehead atoms. The van der Waals surface area contributed by atoms with E-state index < -0.39 is 0 Å². The van der Waals surface area contributed by atoms with Crippen LogP contribution in [0.3, 0.4) is 0 Å². The summed E-state index contributed by atoms with van der Waals surface area (Å²) in [6.07, 6.45) is 13.0. The SMILES string of the molecule is CCc1ccc(F)cc1.CSC1C=CC=CC1. The molecule has 2 rings (SSSR count). The maximum atomic E-state index is 12.2. The van der Waals surface area contributed by atoms with E-state index >= 15 is 0 Å². The lowest BCUT2D eigenvalue weighted by atomic mass is 10.2. The van der Waals surface area contributed by atoms with Crippen molar-refractivity contribution >= 4 is 11.8 Å². The Morgan fingerprint density at radius 1 is 1.24 bits per heavy atom. The number of halogens is 1. The summed E-state index contributed by atoms with van der Waals surface area (Å²) in [5, 5.41) is 0.736. The highest BCUT2D eigenvalue weighted by molar-refractivity contribution is 7.99. The van der Waals surface area contributed by atoms with E-state index in [1.807, 2.05) is 18.7 Å². The molecular formula is C15H19FS. The number of hydrogen-bond acceptors (Lipinski definition) is 1. The smallest absolute Gasteiger partial charge is 0.123 e. The molecular weight excluding hydrogens is 231 g/mol. The van der Waals surface area contributed by atoms with Gasteiger partial charge in [-0.15, -0.1) is 0 Å². The van der Waals surface area contributed by atoms with E-state index in [-0.39, 0.29) is 5.82 Å². The zero-order valence-electron chi connectivity index (χ0n) is 10.4. The minimum atomic E-state index is -0.160. The maximum absolute atomic E-state index is 12.2. The van der Waals surface area contributed by atoms with Crippen LogP contribution in [0.25, 0.3) is 0 Å². The summed E-state index contributed by atoms with van der Waals surface area (Å²) in [7, 11) is 0. The van der Waals surface area contributed by atoms with Crippen LogP contribution in [0.4, 0.5) is 4.39 Å². The van der Waals surface area contributed by atoms with Gasteiger partial charge in [-0.2, -0.15) is 11.8 Å². The third kappa shape index (κ3) is 5.73. The number of aryl methyl sites for hydroxylation is 1. The van der Waals surface area contributed by atoms with Gasteiger partial charge in [0.2, 0.25) is 0 Å². The monoisotopic (exact) mass is 250 g/mol. The number of rotatable bonds is 2. The molecule has 0 nitrogen and oxygen atoms in total. The summed E-state index contributed by atoms with van der Waals surface area (Å²) in [5.74, 6) is -0.160. The second kappa shape index (κ2) is 8.13. The first kappa shape index (κ1) is 14.0. The molecule has 0 saturated carbocycles. The topological polar surface area (TPSA) is 0 Å². The number of benzene rings is 1. The molecule has 1 aliphatic rings. The predicted octanol–water partition coefficient (Wildman–Crippen LogP) is 4.62. The maximum Gasteiger partial charge on any atom is 0.123 e. The minimum absolute atomic E-state index is 0.160. The van der Waals surface area contributed by atoms with E-state index in [0.717, 1.165) is 11.7 Å². The molecule has 0 amide bonds. The molecule has 2 heteroatoms. The fraction of sp³-hybridized carbons (Fsp3) is 0.333. The lowest BCUT2D eigenvalue weighted by Gasteiger charge is -2.07. The van der Waals surface area contributed by atoms with Crippen LogP contribution in [0.15, 0.2) is 48.6 Å². The van der Waals surface area contributed by atoms with Gasteiger partial charge in [-0.05, 0) is 36.8 Å². The number of allylic oxidation sites excluding steroid dienone is 3. The van der Waals surface area contributed by atoms with Crippen LogP contribution in [0, 0.1) is 5.82 Å². The average molecular weight is 250 g/mol. The zero-order valence-corrected chi connectivity index (χ0v) is 11.2. The molecule has 1 aromatic rings. The summed E-state index contributed by atoms with van der Waals surface area (Å²) in [4.78, 5) is 0. The molecule has 92 valence electrons. The van der Waals surface area contributed by atoms with Crippen molar-refractivity contribution in [2.75, 3.05) is 6.26 Å². The average Bonchev–Trinajstić information content (AvgIpc) is 2.41. The third-order valence-electron chi connectivity index (χ3n) is 2.57. The van der Waals surface area contributed by atoms with Crippen LogP contribution >= 0.6 is 11.8 Å². The van der Waals surface area contributed by atoms with Gasteiger partial charge in [0.15, 0.2) is 0 Å². The first-order valence-electron chi connectivity index (χ1n) is 5.86. The highest BCUT2D eigenvalue weighted by Gasteiger charge is 1.99. The van der Waals surface area contributed by atoms with Crippen LogP contribution in [-0.4, -0.2) is 11.5 Å². The largest absolute Gasteiger partial charge is 0.207 e. The van der Waals surface area contributed by atoms with E-state index in [1.165, 1.54) is 24.1 Å². The zero-order chi connectivity index (χ0) is 12.5. The molecule has 1 unspecified atom stereocenters. The van der Waals surface area contributed by atoms with Crippen molar-refractivity contribution in [3.8, 4) is 0 Å². The van der Waals surface area contributed by atoms with E-state index in [2.05, 4.69) is 30.6 Å². The molecule has 0 fully saturated rings. The van der Waals surface area contributed by atoms with E-state index in [9.17, 15) is 4.39 Å². The molecule has 1 aromatic carbocycles. The van der Waals surface area contributed by atoms with Crippen LogP contribution in [0.2, 0.25) is 0 Å². The quantitative estimate of drug-likeness (QED) is 0.738. The Morgan fingerprint density at radius 2 is 1.94 bits per heavy atom. The van der Waals surface area contributed by atoms with E-state index in [0.29, 0.717) is 0 Å². The summed E-state index contributed by atoms with van der Waals surface area (Å²) in [6, 6.07) is 6.57. The fourth-order valence-electron chi connectivity index (χ4n) is 1.45. The number of hydrogen-bond donors (Lipinski definition) is 0. The van der Waals surface area contributed by atoms with Gasteiger partial charge in [-0.1, -0.05) is 43.4 Å². The molecule has 0 N–H and O–H groups in total. The molecule has 17 heavy (non-hydrogen) atoms. The van der Waals surface area contributed by atoms with Gasteiger partial charge in [0.25, 0.3) is 0 Å². The van der Waals surface area contributed by atoms with Crippen LogP contribution in [0.1, 0.15) is 18.9 Å². The fourth-order valence-corrected chi connectivity index (χ4v) is 2.00. The highest BCUT2D eigenvalue weighted by Crippen LogP contribution is 2.15. The molecule has 1 atom stereocenters. The molecule has 0 spiro atoms. The van der Waals surface area contributed by atoms with Crippen LogP contribution in [0.5, 0.6) is 0 Å². The lowest BCUT2D eigenvalue weighted by molar-refractivity contribution is 0.627. The van der Waals surface area contributed by atoms with E-state index in [1.54, 1.807) is 12.1 Å². The summed E-state index contributed by atoms with van der Waals surface area (Å²) >= 11 is 1.91. The van der Waals surface area contributed by atoms with Gasteiger partial charge < -0.3 is 0 Å². The van der Waals surface area contributed by atoms with E-state index in [4.69, 9.17) is 0 Å². The normalized spacial score (nSPS) is 17.5. The Labute approximate surface area is 108 Å². The highest BCUT2D eigenvalue weighted by atomic mass is 32.2. The first-order chi connectivity index (χ1) is 8.26. The van der Waals surface area contributed by atoms with Gasteiger partial charge in [-0.3, -0.25) is 0 Å². The lowest BCUT2D eigenvalue weighted by Crippen LogP contribution is -1.96. The van der Waals surface area contributed by atoms with Gasteiger partial charge in [0.05, 0.1) is 0 Å². The Hall–Kier alpha value is -1.02. The third-order valence-corrected chi connectivity index (χ3v) is 3.52. The molecule has 0 saturated heterocycles. The Morgan fingerprint density at radius 3 is 2.35 bits per heavy atom.